The number of benzene rings is 3. The van der Waals surface area contributed by atoms with Crippen molar-refractivity contribution in [3.8, 4) is 0 Å². The second kappa shape index (κ2) is 15.4. The van der Waals surface area contributed by atoms with Gasteiger partial charge in [0, 0.05) is 42.9 Å². The van der Waals surface area contributed by atoms with Crippen molar-refractivity contribution in [1.29, 1.82) is 0 Å². The second-order valence-corrected chi connectivity index (χ2v) is 13.6. The van der Waals surface area contributed by atoms with Gasteiger partial charge >= 0.3 is 0 Å². The van der Waals surface area contributed by atoms with Gasteiger partial charge in [0.1, 0.15) is 24.2 Å². The SMILES string of the molecule is CC(=O)NCCC1(C(O)NC(Cc2ccc(N3C(=O)C(Cc4ccccc4)N(C(C)=O)C3c3ccc(Cl)cc3)cc2)C(C)=O)CCCC1. The van der Waals surface area contributed by atoms with Crippen LogP contribution in [0.1, 0.15) is 75.7 Å². The summed E-state index contributed by atoms with van der Waals surface area (Å²) < 4.78 is 0. The molecule has 2 aliphatic rings. The molecule has 9 nitrogen and oxygen atoms in total. The van der Waals surface area contributed by atoms with Crippen molar-refractivity contribution in [3.05, 3.63) is 101 Å². The molecule has 0 bridgehead atoms. The minimum absolute atomic E-state index is 0.0912. The summed E-state index contributed by atoms with van der Waals surface area (Å²) in [5, 5.41) is 18.0. The molecule has 3 amide bonds. The Kier molecular flexibility index (Phi) is 11.3. The number of hydrogen-bond acceptors (Lipinski definition) is 6. The molecule has 2 fully saturated rings. The van der Waals surface area contributed by atoms with E-state index in [1.807, 2.05) is 66.7 Å². The highest BCUT2D eigenvalue weighted by Gasteiger charge is 2.48. The summed E-state index contributed by atoms with van der Waals surface area (Å²) in [7, 11) is 0. The van der Waals surface area contributed by atoms with Crippen molar-refractivity contribution in [3.63, 3.8) is 0 Å². The molecule has 4 atom stereocenters. The Hall–Kier alpha value is -4.05. The zero-order chi connectivity index (χ0) is 34.4. The van der Waals surface area contributed by atoms with E-state index in [0.717, 1.165) is 42.4 Å². The molecule has 3 aromatic carbocycles. The van der Waals surface area contributed by atoms with Gasteiger partial charge in [0.2, 0.25) is 11.8 Å². The largest absolute Gasteiger partial charge is 0.378 e. The number of amides is 3. The molecular formula is C38H45ClN4O5. The first-order chi connectivity index (χ1) is 23.0. The van der Waals surface area contributed by atoms with E-state index in [9.17, 15) is 24.3 Å². The van der Waals surface area contributed by atoms with Gasteiger partial charge in [0.05, 0.1) is 6.04 Å². The predicted octanol–water partition coefficient (Wildman–Crippen LogP) is 5.34. The number of rotatable bonds is 13. The van der Waals surface area contributed by atoms with Crippen LogP contribution in [-0.2, 0) is 32.0 Å². The number of anilines is 1. The van der Waals surface area contributed by atoms with E-state index in [4.69, 9.17) is 11.6 Å². The third kappa shape index (κ3) is 7.97. The first-order valence-corrected chi connectivity index (χ1v) is 17.1. The average Bonchev–Trinajstić information content (AvgIpc) is 3.65. The summed E-state index contributed by atoms with van der Waals surface area (Å²) in [5.41, 5.74) is 2.79. The number of ketones is 1. The van der Waals surface area contributed by atoms with Crippen molar-refractivity contribution in [1.82, 2.24) is 15.5 Å². The van der Waals surface area contributed by atoms with Gasteiger partial charge in [-0.1, -0.05) is 79.0 Å². The lowest BCUT2D eigenvalue weighted by molar-refractivity contribution is -0.134. The molecule has 1 aliphatic carbocycles. The Morgan fingerprint density at radius 1 is 0.917 bits per heavy atom. The number of aliphatic hydroxyl groups is 1. The summed E-state index contributed by atoms with van der Waals surface area (Å²) >= 11 is 6.21. The highest BCUT2D eigenvalue weighted by Crippen LogP contribution is 2.44. The van der Waals surface area contributed by atoms with Crippen molar-refractivity contribution >= 4 is 40.8 Å². The third-order valence-electron chi connectivity index (χ3n) is 9.85. The lowest BCUT2D eigenvalue weighted by Gasteiger charge is -2.37. The summed E-state index contributed by atoms with van der Waals surface area (Å²) in [4.78, 5) is 55.0. The van der Waals surface area contributed by atoms with Crippen LogP contribution in [0.3, 0.4) is 0 Å². The van der Waals surface area contributed by atoms with E-state index >= 15 is 0 Å². The maximum absolute atomic E-state index is 14.2. The van der Waals surface area contributed by atoms with Crippen molar-refractivity contribution < 1.29 is 24.3 Å². The molecule has 4 unspecified atom stereocenters. The molecule has 1 saturated heterocycles. The molecule has 5 rings (SSSR count). The monoisotopic (exact) mass is 672 g/mol. The van der Waals surface area contributed by atoms with Crippen molar-refractivity contribution in [2.75, 3.05) is 11.4 Å². The van der Waals surface area contributed by atoms with Crippen LogP contribution in [0.4, 0.5) is 5.69 Å². The zero-order valence-corrected chi connectivity index (χ0v) is 28.6. The quantitative estimate of drug-likeness (QED) is 0.211. The van der Waals surface area contributed by atoms with Crippen LogP contribution in [0.15, 0.2) is 78.9 Å². The number of hydrogen-bond donors (Lipinski definition) is 3. The summed E-state index contributed by atoms with van der Waals surface area (Å²) in [5.74, 6) is -0.596. The van der Waals surface area contributed by atoms with E-state index in [1.54, 1.807) is 21.9 Å². The fourth-order valence-corrected chi connectivity index (χ4v) is 7.39. The van der Waals surface area contributed by atoms with E-state index in [-0.39, 0.29) is 23.5 Å². The zero-order valence-electron chi connectivity index (χ0n) is 27.8. The number of aliphatic hydroxyl groups excluding tert-OH is 1. The van der Waals surface area contributed by atoms with E-state index in [2.05, 4.69) is 10.6 Å². The molecule has 0 radical (unpaired) electrons. The summed E-state index contributed by atoms with van der Waals surface area (Å²) in [6, 6.07) is 23.0. The molecule has 1 aliphatic heterocycles. The lowest BCUT2D eigenvalue weighted by Crippen LogP contribution is -2.52. The highest BCUT2D eigenvalue weighted by molar-refractivity contribution is 6.30. The maximum atomic E-state index is 14.2. The molecule has 10 heteroatoms. The van der Waals surface area contributed by atoms with Gasteiger partial charge in [-0.15, -0.1) is 0 Å². The van der Waals surface area contributed by atoms with Crippen molar-refractivity contribution in [2.24, 2.45) is 5.41 Å². The number of nitrogens with one attached hydrogen (secondary N) is 2. The predicted molar refractivity (Wildman–Crippen MR) is 186 cm³/mol. The molecule has 1 heterocycles. The Bertz CT molecular complexity index is 1590. The van der Waals surface area contributed by atoms with Gasteiger partial charge in [-0.2, -0.15) is 0 Å². The van der Waals surface area contributed by atoms with Crippen LogP contribution in [0.5, 0.6) is 0 Å². The molecule has 0 aromatic heterocycles. The minimum Gasteiger partial charge on any atom is -0.378 e. The van der Waals surface area contributed by atoms with Gasteiger partial charge in [-0.25, -0.2) is 0 Å². The van der Waals surface area contributed by atoms with Crippen LogP contribution in [0, 0.1) is 5.41 Å². The van der Waals surface area contributed by atoms with Gasteiger partial charge in [-0.05, 0) is 73.6 Å². The van der Waals surface area contributed by atoms with Crippen LogP contribution in [0.25, 0.3) is 0 Å². The topological polar surface area (TPSA) is 119 Å². The van der Waals surface area contributed by atoms with E-state index < -0.39 is 29.9 Å². The Labute approximate surface area is 287 Å². The van der Waals surface area contributed by atoms with Gasteiger partial charge in [0.25, 0.3) is 5.91 Å². The summed E-state index contributed by atoms with van der Waals surface area (Å²) in [6.45, 7) is 4.95. The van der Waals surface area contributed by atoms with Crippen LogP contribution < -0.4 is 15.5 Å². The number of Topliss-reactive ketones (excluding diaryl/α,β-unsaturated/α-hetero) is 1. The Morgan fingerprint density at radius 3 is 2.15 bits per heavy atom. The molecule has 48 heavy (non-hydrogen) atoms. The highest BCUT2D eigenvalue weighted by atomic mass is 35.5. The van der Waals surface area contributed by atoms with Crippen LogP contribution in [-0.4, -0.2) is 58.4 Å². The standard InChI is InChI=1S/C38H45ClN4O5/c1-25(44)33(41-37(48)38(19-7-8-20-38)21-22-40-26(2)45)23-29-11-17-32(18-12-29)43-35(30-13-15-31(39)16-14-30)42(27(3)46)34(36(43)47)24-28-9-5-4-6-10-28/h4-6,9-18,33-35,37,41,48H,7-8,19-24H2,1-3H3,(H,40,45). The van der Waals surface area contributed by atoms with Crippen LogP contribution in [0.2, 0.25) is 5.02 Å². The first kappa shape index (κ1) is 35.3. The number of halogens is 1. The fourth-order valence-electron chi connectivity index (χ4n) is 7.27. The molecule has 254 valence electrons. The molecule has 3 aromatic rings. The van der Waals surface area contributed by atoms with E-state index in [0.29, 0.717) is 36.5 Å². The second-order valence-electron chi connectivity index (χ2n) is 13.2. The maximum Gasteiger partial charge on any atom is 0.252 e. The number of carbonyl (C=O) groups excluding carboxylic acids is 4. The summed E-state index contributed by atoms with van der Waals surface area (Å²) in [6.07, 6.45) is 3.40. The van der Waals surface area contributed by atoms with Gasteiger partial charge < -0.3 is 15.3 Å². The lowest BCUT2D eigenvalue weighted by atomic mass is 9.80. The fraction of sp³-hybridized carbons (Fsp3) is 0.421. The van der Waals surface area contributed by atoms with Gasteiger partial charge in [0.15, 0.2) is 0 Å². The molecule has 3 N–H and O–H groups in total. The molecule has 1 saturated carbocycles. The Morgan fingerprint density at radius 2 is 1.56 bits per heavy atom. The average molecular weight is 673 g/mol. The number of carbonyl (C=O) groups is 4. The Balaban J connectivity index is 1.38. The number of nitrogens with zero attached hydrogens (tertiary/aromatic N) is 2. The van der Waals surface area contributed by atoms with Gasteiger partial charge in [-0.3, -0.25) is 29.4 Å². The minimum atomic E-state index is -0.900. The molecule has 0 spiro atoms. The normalized spacial score (nSPS) is 20.1. The molecular weight excluding hydrogens is 628 g/mol. The smallest absolute Gasteiger partial charge is 0.252 e. The first-order valence-electron chi connectivity index (χ1n) is 16.7. The van der Waals surface area contributed by atoms with Crippen molar-refractivity contribution in [2.45, 2.75) is 90.2 Å². The third-order valence-corrected chi connectivity index (χ3v) is 10.1. The van der Waals surface area contributed by atoms with Crippen LogP contribution >= 0.6 is 11.6 Å². The van der Waals surface area contributed by atoms with E-state index in [1.165, 1.54) is 20.8 Å².